The van der Waals surface area contributed by atoms with E-state index in [0.29, 0.717) is 32.4 Å². The highest BCUT2D eigenvalue weighted by Crippen LogP contribution is 2.31. The number of carboxylic acid groups (broad SMARTS) is 1. The minimum absolute atomic E-state index is 0.0500. The Hall–Kier alpha value is -1.88. The predicted octanol–water partition coefficient (Wildman–Crippen LogP) is 1.95. The summed E-state index contributed by atoms with van der Waals surface area (Å²) < 4.78 is 5.14. The molecule has 0 radical (unpaired) electrons. The van der Waals surface area contributed by atoms with Gasteiger partial charge < -0.3 is 15.2 Å². The van der Waals surface area contributed by atoms with Gasteiger partial charge in [-0.15, -0.1) is 0 Å². The van der Waals surface area contributed by atoms with E-state index < -0.39 is 5.97 Å². The molecule has 1 saturated carbocycles. The second-order valence-electron chi connectivity index (χ2n) is 5.46. The fourth-order valence-corrected chi connectivity index (χ4v) is 2.80. The van der Waals surface area contributed by atoms with Crippen molar-refractivity contribution >= 4 is 11.9 Å². The maximum atomic E-state index is 12.1. The number of hydrogen-bond donors (Lipinski definition) is 2. The summed E-state index contributed by atoms with van der Waals surface area (Å²) in [5.41, 5.74) is 2.08. The summed E-state index contributed by atoms with van der Waals surface area (Å²) in [4.78, 5) is 23.0. The minimum atomic E-state index is -0.796. The number of aliphatic carboxylic acids is 1. The van der Waals surface area contributed by atoms with E-state index in [2.05, 4.69) is 5.32 Å². The van der Waals surface area contributed by atoms with E-state index in [4.69, 9.17) is 9.84 Å². The van der Waals surface area contributed by atoms with E-state index >= 15 is 0 Å². The number of benzene rings is 1. The number of hydrogen-bond acceptors (Lipinski definition) is 3. The van der Waals surface area contributed by atoms with E-state index in [1.165, 1.54) is 0 Å². The Morgan fingerprint density at radius 3 is 2.52 bits per heavy atom. The Labute approximate surface area is 124 Å². The van der Waals surface area contributed by atoms with Crippen LogP contribution in [0.4, 0.5) is 0 Å². The van der Waals surface area contributed by atoms with Crippen LogP contribution in [0.25, 0.3) is 0 Å². The largest absolute Gasteiger partial charge is 0.481 e. The van der Waals surface area contributed by atoms with Gasteiger partial charge in [0.1, 0.15) is 0 Å². The molecule has 0 heterocycles. The van der Waals surface area contributed by atoms with Crippen LogP contribution in [0.15, 0.2) is 24.3 Å². The van der Waals surface area contributed by atoms with Gasteiger partial charge in [0.15, 0.2) is 0 Å². The molecule has 0 aliphatic heterocycles. The molecule has 1 fully saturated rings. The zero-order chi connectivity index (χ0) is 15.2. The van der Waals surface area contributed by atoms with Gasteiger partial charge in [0, 0.05) is 19.6 Å². The number of carbonyl (C=O) groups excluding carboxylic acids is 1. The highest BCUT2D eigenvalue weighted by molar-refractivity contribution is 5.80. The first-order valence-corrected chi connectivity index (χ1v) is 7.18. The van der Waals surface area contributed by atoms with Crippen LogP contribution >= 0.6 is 0 Å². The lowest BCUT2D eigenvalue weighted by Gasteiger charge is -2.13. The average molecular weight is 291 g/mol. The van der Waals surface area contributed by atoms with Gasteiger partial charge in [-0.2, -0.15) is 0 Å². The van der Waals surface area contributed by atoms with E-state index in [0.717, 1.165) is 11.1 Å². The lowest BCUT2D eigenvalue weighted by Crippen LogP contribution is -2.29. The van der Waals surface area contributed by atoms with Gasteiger partial charge in [0.2, 0.25) is 5.91 Å². The van der Waals surface area contributed by atoms with E-state index in [-0.39, 0.29) is 17.7 Å². The molecule has 2 rings (SSSR count). The number of carboxylic acids is 1. The Morgan fingerprint density at radius 1 is 1.24 bits per heavy atom. The molecule has 2 N–H and O–H groups in total. The first-order chi connectivity index (χ1) is 10.1. The molecule has 0 unspecified atom stereocenters. The summed E-state index contributed by atoms with van der Waals surface area (Å²) in [7, 11) is 1.64. The highest BCUT2D eigenvalue weighted by Gasteiger charge is 2.33. The molecule has 21 heavy (non-hydrogen) atoms. The van der Waals surface area contributed by atoms with Crippen LogP contribution < -0.4 is 5.32 Å². The second kappa shape index (κ2) is 7.22. The van der Waals surface area contributed by atoms with Gasteiger partial charge >= 0.3 is 5.97 Å². The number of methoxy groups -OCH3 is 1. The van der Waals surface area contributed by atoms with Crippen LogP contribution in [-0.2, 0) is 27.5 Å². The third-order valence-corrected chi connectivity index (χ3v) is 4.02. The Balaban J connectivity index is 1.89. The maximum absolute atomic E-state index is 12.1. The molecule has 114 valence electrons. The maximum Gasteiger partial charge on any atom is 0.306 e. The van der Waals surface area contributed by atoms with Crippen molar-refractivity contribution < 1.29 is 19.4 Å². The first-order valence-electron chi connectivity index (χ1n) is 7.18. The zero-order valence-electron chi connectivity index (χ0n) is 12.2. The fraction of sp³-hybridized carbons (Fsp3) is 0.500. The molecule has 5 heteroatoms. The number of nitrogens with one attached hydrogen (secondary N) is 1. The summed E-state index contributed by atoms with van der Waals surface area (Å²) in [5, 5.41) is 11.9. The standard InChI is InChI=1S/C16H21NO4/c1-21-10-14-5-3-2-4-13(14)9-17-15(18)11-6-7-12(8-11)16(19)20/h2-5,11-12H,6-10H2,1H3,(H,17,18)(H,19,20)/t11-,12+/m1/s1. The van der Waals surface area contributed by atoms with Crippen LogP contribution in [0, 0.1) is 11.8 Å². The highest BCUT2D eigenvalue weighted by atomic mass is 16.5. The summed E-state index contributed by atoms with van der Waals surface area (Å²) in [5.74, 6) is -1.40. The topological polar surface area (TPSA) is 75.6 Å². The van der Waals surface area contributed by atoms with Crippen molar-refractivity contribution in [3.63, 3.8) is 0 Å². The molecule has 1 amide bonds. The molecule has 0 bridgehead atoms. The van der Waals surface area contributed by atoms with Crippen molar-refractivity contribution in [2.45, 2.75) is 32.4 Å². The van der Waals surface area contributed by atoms with Gasteiger partial charge in [0.05, 0.1) is 12.5 Å². The lowest BCUT2D eigenvalue weighted by molar-refractivity contribution is -0.141. The van der Waals surface area contributed by atoms with Crippen molar-refractivity contribution in [2.24, 2.45) is 11.8 Å². The Bertz CT molecular complexity index is 515. The van der Waals surface area contributed by atoms with E-state index in [1.807, 2.05) is 24.3 Å². The van der Waals surface area contributed by atoms with E-state index in [9.17, 15) is 9.59 Å². The predicted molar refractivity (Wildman–Crippen MR) is 77.5 cm³/mol. The van der Waals surface area contributed by atoms with Gasteiger partial charge in [-0.1, -0.05) is 24.3 Å². The smallest absolute Gasteiger partial charge is 0.306 e. The lowest BCUT2D eigenvalue weighted by atomic mass is 10.0. The van der Waals surface area contributed by atoms with Crippen molar-refractivity contribution in [2.75, 3.05) is 7.11 Å². The third-order valence-electron chi connectivity index (χ3n) is 4.02. The molecular weight excluding hydrogens is 270 g/mol. The van der Waals surface area contributed by atoms with Crippen LogP contribution in [0.3, 0.4) is 0 Å². The number of ether oxygens (including phenoxy) is 1. The third kappa shape index (κ3) is 4.04. The molecule has 0 saturated heterocycles. The zero-order valence-corrected chi connectivity index (χ0v) is 12.2. The molecule has 1 aromatic rings. The normalized spacial score (nSPS) is 21.2. The molecule has 0 aromatic heterocycles. The quantitative estimate of drug-likeness (QED) is 0.840. The number of rotatable bonds is 6. The molecule has 1 aliphatic carbocycles. The molecule has 1 aromatic carbocycles. The fourth-order valence-electron chi connectivity index (χ4n) is 2.80. The van der Waals surface area contributed by atoms with E-state index in [1.54, 1.807) is 7.11 Å². The monoisotopic (exact) mass is 291 g/mol. The molecule has 2 atom stereocenters. The Morgan fingerprint density at radius 2 is 1.90 bits per heavy atom. The van der Waals surface area contributed by atoms with Gasteiger partial charge in [-0.3, -0.25) is 9.59 Å². The Kier molecular flexibility index (Phi) is 5.33. The first kappa shape index (κ1) is 15.5. The van der Waals surface area contributed by atoms with Crippen LogP contribution in [0.5, 0.6) is 0 Å². The number of amides is 1. The van der Waals surface area contributed by atoms with Crippen molar-refractivity contribution in [1.29, 1.82) is 0 Å². The van der Waals surface area contributed by atoms with Crippen LogP contribution in [0.1, 0.15) is 30.4 Å². The SMILES string of the molecule is COCc1ccccc1CNC(=O)[C@@H]1CC[C@H](C(=O)O)C1. The summed E-state index contributed by atoms with van der Waals surface area (Å²) >= 11 is 0. The van der Waals surface area contributed by atoms with Crippen molar-refractivity contribution in [3.05, 3.63) is 35.4 Å². The minimum Gasteiger partial charge on any atom is -0.481 e. The van der Waals surface area contributed by atoms with Crippen molar-refractivity contribution in [1.82, 2.24) is 5.32 Å². The van der Waals surface area contributed by atoms with Gasteiger partial charge in [0.25, 0.3) is 0 Å². The van der Waals surface area contributed by atoms with Gasteiger partial charge in [-0.25, -0.2) is 0 Å². The molecule has 1 aliphatic rings. The van der Waals surface area contributed by atoms with Crippen LogP contribution in [0.2, 0.25) is 0 Å². The second-order valence-corrected chi connectivity index (χ2v) is 5.46. The summed E-state index contributed by atoms with van der Waals surface area (Å²) in [6.45, 7) is 0.961. The molecule has 5 nitrogen and oxygen atoms in total. The average Bonchev–Trinajstić information content (AvgIpc) is 2.96. The summed E-state index contributed by atoms with van der Waals surface area (Å²) in [6.07, 6.45) is 1.69. The van der Waals surface area contributed by atoms with Crippen molar-refractivity contribution in [3.8, 4) is 0 Å². The number of carbonyl (C=O) groups is 2. The molecule has 0 spiro atoms. The summed E-state index contributed by atoms with van der Waals surface area (Å²) in [6, 6.07) is 7.80. The van der Waals surface area contributed by atoms with Gasteiger partial charge in [-0.05, 0) is 30.4 Å². The van der Waals surface area contributed by atoms with Crippen LogP contribution in [-0.4, -0.2) is 24.1 Å². The molecular formula is C16H21NO4.